The number of rotatable bonds is 5. The summed E-state index contributed by atoms with van der Waals surface area (Å²) in [6, 6.07) is 12.7. The fourth-order valence-electron chi connectivity index (χ4n) is 4.33. The van der Waals surface area contributed by atoms with E-state index in [1.54, 1.807) is 18.3 Å². The lowest BCUT2D eigenvalue weighted by molar-refractivity contribution is 0.0988. The first-order valence-electron chi connectivity index (χ1n) is 10.9. The lowest BCUT2D eigenvalue weighted by atomic mass is 9.90. The van der Waals surface area contributed by atoms with Crippen molar-refractivity contribution >= 4 is 21.5 Å². The van der Waals surface area contributed by atoms with Gasteiger partial charge in [0.25, 0.3) is 0 Å². The molecule has 182 valence electrons. The minimum Gasteiger partial charge on any atom is -0.386 e. The van der Waals surface area contributed by atoms with Crippen LogP contribution in [0.3, 0.4) is 0 Å². The Bertz CT molecular complexity index is 1450. The number of amidine groups is 1. The summed E-state index contributed by atoms with van der Waals surface area (Å²) in [6.45, 7) is 4.71. The lowest BCUT2D eigenvalue weighted by Crippen LogP contribution is -2.54. The number of ketones is 1. The number of pyridine rings is 1. The molecule has 2 N–H and O–H groups in total. The van der Waals surface area contributed by atoms with Gasteiger partial charge < -0.3 is 5.73 Å². The van der Waals surface area contributed by atoms with Crippen LogP contribution in [0.5, 0.6) is 0 Å². The van der Waals surface area contributed by atoms with Crippen LogP contribution in [0, 0.1) is 18.6 Å². The smallest absolute Gasteiger partial charge is 0.185 e. The maximum absolute atomic E-state index is 15.0. The summed E-state index contributed by atoms with van der Waals surface area (Å²) < 4.78 is 54.2. The zero-order valence-electron chi connectivity index (χ0n) is 19.5. The zero-order chi connectivity index (χ0) is 25.6. The molecule has 1 aromatic heterocycles. The number of hydrogen-bond donors (Lipinski definition) is 1. The summed E-state index contributed by atoms with van der Waals surface area (Å²) in [5.74, 6) is -2.35. The van der Waals surface area contributed by atoms with Crippen molar-refractivity contribution in [3.05, 3.63) is 100 Å². The van der Waals surface area contributed by atoms with Crippen LogP contribution < -0.4 is 5.73 Å². The summed E-state index contributed by atoms with van der Waals surface area (Å²) in [4.78, 5) is 21.2. The number of nitrogens with zero attached hydrogens (tertiary/aromatic N) is 2. The van der Waals surface area contributed by atoms with Gasteiger partial charge in [-0.15, -0.1) is 0 Å². The van der Waals surface area contributed by atoms with Gasteiger partial charge in [0.1, 0.15) is 28.7 Å². The van der Waals surface area contributed by atoms with Crippen molar-refractivity contribution in [2.24, 2.45) is 10.7 Å². The van der Waals surface area contributed by atoms with E-state index >= 15 is 0 Å². The van der Waals surface area contributed by atoms with Crippen LogP contribution in [-0.4, -0.2) is 30.8 Å². The fraction of sp³-hybridized carbons (Fsp3) is 0.269. The average molecular weight is 498 g/mol. The molecule has 0 saturated carbocycles. The Labute approximate surface area is 202 Å². The first kappa shape index (κ1) is 24.7. The molecule has 0 unspecified atom stereocenters. The van der Waals surface area contributed by atoms with E-state index < -0.39 is 37.5 Å². The molecule has 6 nitrogen and oxygen atoms in total. The Hall–Kier alpha value is -3.46. The van der Waals surface area contributed by atoms with E-state index in [9.17, 15) is 22.0 Å². The van der Waals surface area contributed by atoms with Gasteiger partial charge in [-0.25, -0.2) is 17.2 Å². The monoisotopic (exact) mass is 497 g/mol. The van der Waals surface area contributed by atoms with Crippen LogP contribution in [0.25, 0.3) is 0 Å². The van der Waals surface area contributed by atoms with Crippen molar-refractivity contribution in [2.45, 2.75) is 37.5 Å². The van der Waals surface area contributed by atoms with Crippen LogP contribution in [0.4, 0.5) is 8.78 Å². The van der Waals surface area contributed by atoms with Crippen LogP contribution >= 0.6 is 0 Å². The molecule has 0 spiro atoms. The number of hydrogen-bond acceptors (Lipinski definition) is 6. The molecule has 0 amide bonds. The van der Waals surface area contributed by atoms with E-state index in [-0.39, 0.29) is 34.9 Å². The van der Waals surface area contributed by atoms with E-state index in [2.05, 4.69) is 9.98 Å². The predicted molar refractivity (Wildman–Crippen MR) is 130 cm³/mol. The molecule has 0 aliphatic carbocycles. The van der Waals surface area contributed by atoms with Gasteiger partial charge in [-0.3, -0.25) is 14.8 Å². The molecule has 9 heteroatoms. The molecule has 1 aliphatic rings. The van der Waals surface area contributed by atoms with Gasteiger partial charge in [-0.05, 0) is 67.8 Å². The second kappa shape index (κ2) is 8.64. The third-order valence-electron chi connectivity index (χ3n) is 6.50. The normalized spacial score (nSPS) is 23.5. The molecule has 3 aromatic rings. The molecule has 1 aliphatic heterocycles. The SMILES string of the molecule is Cc1ccc(C(=O)Cc2ccc(F)c([C@]3(C)CS(=O)(=O)[C@@](C)(c4cccc(F)c4)C(N)=N3)c2)nc1. The minimum atomic E-state index is -4.06. The van der Waals surface area contributed by atoms with Gasteiger partial charge in [0.05, 0.1) is 5.75 Å². The highest BCUT2D eigenvalue weighted by atomic mass is 32.2. The van der Waals surface area contributed by atoms with Crippen LogP contribution in [0.2, 0.25) is 0 Å². The highest BCUT2D eigenvalue weighted by Crippen LogP contribution is 2.43. The molecule has 2 aromatic carbocycles. The molecular weight excluding hydrogens is 472 g/mol. The van der Waals surface area contributed by atoms with Crippen LogP contribution in [-0.2, 0) is 26.5 Å². The zero-order valence-corrected chi connectivity index (χ0v) is 20.4. The summed E-state index contributed by atoms with van der Waals surface area (Å²) in [5.41, 5.74) is 6.49. The number of halogens is 2. The highest BCUT2D eigenvalue weighted by Gasteiger charge is 2.53. The molecule has 0 radical (unpaired) electrons. The molecule has 0 bridgehead atoms. The van der Waals surface area contributed by atoms with Gasteiger partial charge in [0, 0.05) is 18.2 Å². The highest BCUT2D eigenvalue weighted by molar-refractivity contribution is 7.93. The second-order valence-corrected chi connectivity index (χ2v) is 11.5. The first-order valence-corrected chi connectivity index (χ1v) is 12.6. The largest absolute Gasteiger partial charge is 0.386 e. The van der Waals surface area contributed by atoms with Gasteiger partial charge in [0.15, 0.2) is 20.4 Å². The van der Waals surface area contributed by atoms with Gasteiger partial charge in [0.2, 0.25) is 0 Å². The fourth-order valence-corrected chi connectivity index (χ4v) is 6.43. The number of aromatic nitrogens is 1. The third-order valence-corrected chi connectivity index (χ3v) is 9.13. The number of Topliss-reactive ketones (excluding diaryl/α,β-unsaturated/α-hetero) is 1. The van der Waals surface area contributed by atoms with Crippen molar-refractivity contribution in [3.63, 3.8) is 0 Å². The predicted octanol–water partition coefficient (Wildman–Crippen LogP) is 4.01. The van der Waals surface area contributed by atoms with Crippen molar-refractivity contribution in [1.29, 1.82) is 0 Å². The minimum absolute atomic E-state index is 0.00693. The number of benzene rings is 2. The Morgan fingerprint density at radius 3 is 2.46 bits per heavy atom. The summed E-state index contributed by atoms with van der Waals surface area (Å²) in [5, 5.41) is 0. The lowest BCUT2D eigenvalue weighted by Gasteiger charge is -2.40. The molecule has 35 heavy (non-hydrogen) atoms. The summed E-state index contributed by atoms with van der Waals surface area (Å²) in [7, 11) is -4.06. The van der Waals surface area contributed by atoms with Crippen LogP contribution in [0.15, 0.2) is 65.8 Å². The molecular formula is C26H25F2N3O3S. The van der Waals surface area contributed by atoms with Crippen molar-refractivity contribution in [1.82, 2.24) is 4.98 Å². The number of carbonyl (C=O) groups is 1. The van der Waals surface area contributed by atoms with Gasteiger partial charge in [-0.2, -0.15) is 0 Å². The van der Waals surface area contributed by atoms with E-state index in [0.717, 1.165) is 11.6 Å². The Morgan fingerprint density at radius 1 is 1.09 bits per heavy atom. The van der Waals surface area contributed by atoms with E-state index in [0.29, 0.717) is 5.56 Å². The standard InChI is InChI=1S/C26H25F2N3O3S/c1-16-7-10-22(30-14-16)23(32)12-17-8-9-21(28)20(11-17)25(2)15-35(33,34)26(3,24(29)31-25)18-5-4-6-19(27)13-18/h4-11,13-14H,12,15H2,1-3H3,(H2,29,31)/t25-,26-/m0/s1. The maximum atomic E-state index is 15.0. The Morgan fingerprint density at radius 2 is 1.83 bits per heavy atom. The van der Waals surface area contributed by atoms with Crippen molar-refractivity contribution in [2.75, 3.05) is 5.75 Å². The number of aryl methyl sites for hydroxylation is 1. The Balaban J connectivity index is 1.74. The molecule has 4 rings (SSSR count). The third kappa shape index (κ3) is 4.36. The first-order chi connectivity index (χ1) is 16.4. The summed E-state index contributed by atoms with van der Waals surface area (Å²) in [6.07, 6.45) is 1.54. The number of aliphatic imine (C=N–C) groups is 1. The van der Waals surface area contributed by atoms with E-state index in [1.165, 1.54) is 50.2 Å². The molecule has 0 saturated heterocycles. The Kier molecular flexibility index (Phi) is 6.09. The molecule has 2 atom stereocenters. The van der Waals surface area contributed by atoms with Gasteiger partial charge >= 0.3 is 0 Å². The van der Waals surface area contributed by atoms with Crippen molar-refractivity contribution in [3.8, 4) is 0 Å². The number of nitrogens with two attached hydrogens (primary N) is 1. The second-order valence-electron chi connectivity index (χ2n) is 9.21. The van der Waals surface area contributed by atoms with E-state index in [1.807, 2.05) is 6.92 Å². The number of carbonyl (C=O) groups excluding carboxylic acids is 1. The van der Waals surface area contributed by atoms with Gasteiger partial charge in [-0.1, -0.05) is 24.3 Å². The van der Waals surface area contributed by atoms with E-state index in [4.69, 9.17) is 5.73 Å². The number of sulfone groups is 1. The summed E-state index contributed by atoms with van der Waals surface area (Å²) >= 11 is 0. The van der Waals surface area contributed by atoms with Crippen molar-refractivity contribution < 1.29 is 22.0 Å². The van der Waals surface area contributed by atoms with Crippen LogP contribution in [0.1, 0.15) is 46.6 Å². The quantitative estimate of drug-likeness (QED) is 0.537. The molecule has 2 heterocycles. The molecule has 0 fully saturated rings. The average Bonchev–Trinajstić information content (AvgIpc) is 2.78. The topological polar surface area (TPSA) is 102 Å². The maximum Gasteiger partial charge on any atom is 0.185 e.